The van der Waals surface area contributed by atoms with Crippen molar-refractivity contribution in [2.45, 2.75) is 25.0 Å². The summed E-state index contributed by atoms with van der Waals surface area (Å²) in [7, 11) is 3.07. The summed E-state index contributed by atoms with van der Waals surface area (Å²) in [5.74, 6) is 0.467. The van der Waals surface area contributed by atoms with Crippen molar-refractivity contribution in [1.82, 2.24) is 5.06 Å². The first-order chi connectivity index (χ1) is 12.2. The van der Waals surface area contributed by atoms with Crippen LogP contribution in [0.1, 0.15) is 17.5 Å². The first-order valence-electron chi connectivity index (χ1n) is 8.32. The van der Waals surface area contributed by atoms with E-state index in [9.17, 15) is 4.79 Å². The van der Waals surface area contributed by atoms with Gasteiger partial charge in [-0.25, -0.2) is 10.1 Å². The van der Waals surface area contributed by atoms with Gasteiger partial charge >= 0.3 is 0 Å². The summed E-state index contributed by atoms with van der Waals surface area (Å²) in [6.07, 6.45) is 0.647. The maximum absolute atomic E-state index is 12.2. The Balaban J connectivity index is 1.79. The lowest BCUT2D eigenvalue weighted by atomic mass is 10.00. The Bertz CT molecular complexity index is 731. The molecule has 0 saturated carbocycles. The molecule has 2 aromatic carbocycles. The van der Waals surface area contributed by atoms with Crippen molar-refractivity contribution in [3.05, 3.63) is 71.8 Å². The van der Waals surface area contributed by atoms with Crippen LogP contribution in [0.4, 0.5) is 0 Å². The topological polar surface area (TPSA) is 51.1 Å². The number of carbonyl (C=O) groups excluding carboxylic acids is 1. The molecule has 0 saturated heterocycles. The van der Waals surface area contributed by atoms with Crippen LogP contribution < -0.4 is 0 Å². The molecule has 1 heterocycles. The fraction of sp³-hybridized carbons (Fsp3) is 0.300. The molecule has 0 aromatic heterocycles. The molecular weight excluding hydrogens is 316 g/mol. The molecule has 130 valence electrons. The lowest BCUT2D eigenvalue weighted by Crippen LogP contribution is -2.34. The third-order valence-electron chi connectivity index (χ3n) is 4.28. The standard InChI is InChI=1S/C20H22N2O3/c1-22(24-2)19(23)14-18-17(13-15-9-5-3-6-10-15)21-20(25-18)16-11-7-4-8-12-16/h3-12,17-18H,13-14H2,1-2H3/t17-,18-/m0/s1. The van der Waals surface area contributed by atoms with Crippen molar-refractivity contribution in [2.24, 2.45) is 4.99 Å². The molecule has 0 unspecified atom stereocenters. The molecule has 2 atom stereocenters. The van der Waals surface area contributed by atoms with Gasteiger partial charge in [0.2, 0.25) is 11.8 Å². The lowest BCUT2D eigenvalue weighted by molar-refractivity contribution is -0.170. The van der Waals surface area contributed by atoms with Crippen molar-refractivity contribution in [3.8, 4) is 0 Å². The van der Waals surface area contributed by atoms with Crippen LogP contribution in [0.5, 0.6) is 0 Å². The summed E-state index contributed by atoms with van der Waals surface area (Å²) in [5, 5.41) is 1.23. The highest BCUT2D eigenvalue weighted by Gasteiger charge is 2.34. The molecule has 0 spiro atoms. The minimum Gasteiger partial charge on any atom is -0.471 e. The van der Waals surface area contributed by atoms with E-state index in [1.165, 1.54) is 17.7 Å². The molecule has 0 fully saturated rings. The number of ether oxygens (including phenoxy) is 1. The Morgan fingerprint density at radius 1 is 1.12 bits per heavy atom. The van der Waals surface area contributed by atoms with Gasteiger partial charge in [0.1, 0.15) is 6.10 Å². The van der Waals surface area contributed by atoms with E-state index in [-0.39, 0.29) is 24.5 Å². The summed E-state index contributed by atoms with van der Waals surface area (Å²) in [5.41, 5.74) is 2.10. The molecule has 1 amide bonds. The molecular formula is C20H22N2O3. The van der Waals surface area contributed by atoms with Crippen molar-refractivity contribution < 1.29 is 14.4 Å². The minimum atomic E-state index is -0.305. The van der Waals surface area contributed by atoms with E-state index in [1.54, 1.807) is 7.05 Å². The Labute approximate surface area is 147 Å². The fourth-order valence-electron chi connectivity index (χ4n) is 2.82. The zero-order valence-corrected chi connectivity index (χ0v) is 14.5. The molecule has 0 bridgehead atoms. The van der Waals surface area contributed by atoms with Crippen LogP contribution in [0.3, 0.4) is 0 Å². The third-order valence-corrected chi connectivity index (χ3v) is 4.28. The molecule has 1 aliphatic heterocycles. The van der Waals surface area contributed by atoms with Gasteiger partial charge in [0.05, 0.1) is 19.6 Å². The van der Waals surface area contributed by atoms with E-state index in [4.69, 9.17) is 14.6 Å². The number of amides is 1. The predicted molar refractivity (Wildman–Crippen MR) is 96.2 cm³/mol. The van der Waals surface area contributed by atoms with Gasteiger partial charge in [0, 0.05) is 12.6 Å². The van der Waals surface area contributed by atoms with Gasteiger partial charge < -0.3 is 4.74 Å². The average Bonchev–Trinajstić information content (AvgIpc) is 3.05. The lowest BCUT2D eigenvalue weighted by Gasteiger charge is -2.20. The van der Waals surface area contributed by atoms with Gasteiger partial charge in [0.15, 0.2) is 0 Å². The molecule has 0 N–H and O–H groups in total. The molecule has 1 aliphatic rings. The van der Waals surface area contributed by atoms with Gasteiger partial charge in [-0.1, -0.05) is 48.5 Å². The minimum absolute atomic E-state index is 0.105. The van der Waals surface area contributed by atoms with E-state index in [1.807, 2.05) is 48.5 Å². The summed E-state index contributed by atoms with van der Waals surface area (Å²) in [4.78, 5) is 22.0. The Kier molecular flexibility index (Phi) is 5.46. The summed E-state index contributed by atoms with van der Waals surface area (Å²) in [6, 6.07) is 19.8. The quantitative estimate of drug-likeness (QED) is 0.761. The molecule has 5 nitrogen and oxygen atoms in total. The zero-order valence-electron chi connectivity index (χ0n) is 14.5. The summed E-state index contributed by atoms with van der Waals surface area (Å²) >= 11 is 0. The number of hydrogen-bond acceptors (Lipinski definition) is 4. The average molecular weight is 338 g/mol. The largest absolute Gasteiger partial charge is 0.471 e. The van der Waals surface area contributed by atoms with Crippen LogP contribution in [0.2, 0.25) is 0 Å². The van der Waals surface area contributed by atoms with E-state index >= 15 is 0 Å². The SMILES string of the molecule is CON(C)C(=O)C[C@@H]1OC(c2ccccc2)=N[C@H]1Cc1ccccc1. The summed E-state index contributed by atoms with van der Waals surface area (Å²) < 4.78 is 6.04. The van der Waals surface area contributed by atoms with Crippen molar-refractivity contribution in [1.29, 1.82) is 0 Å². The highest BCUT2D eigenvalue weighted by molar-refractivity contribution is 5.95. The number of aliphatic imine (C=N–C) groups is 1. The number of nitrogens with zero attached hydrogens (tertiary/aromatic N) is 2. The zero-order chi connectivity index (χ0) is 17.6. The molecule has 0 aliphatic carbocycles. The highest BCUT2D eigenvalue weighted by Crippen LogP contribution is 2.24. The maximum Gasteiger partial charge on any atom is 0.249 e. The van der Waals surface area contributed by atoms with Gasteiger partial charge in [-0.3, -0.25) is 9.63 Å². The highest BCUT2D eigenvalue weighted by atomic mass is 16.7. The van der Waals surface area contributed by atoms with Gasteiger partial charge in [0.25, 0.3) is 0 Å². The first-order valence-corrected chi connectivity index (χ1v) is 8.32. The van der Waals surface area contributed by atoms with E-state index in [0.717, 1.165) is 12.0 Å². The van der Waals surface area contributed by atoms with E-state index < -0.39 is 0 Å². The third kappa shape index (κ3) is 4.25. The number of rotatable bonds is 6. The van der Waals surface area contributed by atoms with Crippen molar-refractivity contribution >= 4 is 11.8 Å². The normalized spacial score (nSPS) is 19.2. The smallest absolute Gasteiger partial charge is 0.249 e. The van der Waals surface area contributed by atoms with Gasteiger partial charge in [-0.2, -0.15) is 0 Å². The second-order valence-corrected chi connectivity index (χ2v) is 5.99. The van der Waals surface area contributed by atoms with Crippen LogP contribution in [-0.4, -0.2) is 43.2 Å². The molecule has 2 aromatic rings. The van der Waals surface area contributed by atoms with Crippen LogP contribution in [0.15, 0.2) is 65.7 Å². The van der Waals surface area contributed by atoms with Gasteiger partial charge in [-0.05, 0) is 24.1 Å². The fourth-order valence-corrected chi connectivity index (χ4v) is 2.82. The van der Waals surface area contributed by atoms with Crippen LogP contribution in [-0.2, 0) is 20.8 Å². The molecule has 5 heteroatoms. The Hall–Kier alpha value is -2.66. The molecule has 0 radical (unpaired) electrons. The molecule has 3 rings (SSSR count). The predicted octanol–water partition coefficient (Wildman–Crippen LogP) is 2.85. The van der Waals surface area contributed by atoms with Crippen molar-refractivity contribution in [3.63, 3.8) is 0 Å². The Morgan fingerprint density at radius 3 is 2.40 bits per heavy atom. The molecule has 25 heavy (non-hydrogen) atoms. The van der Waals surface area contributed by atoms with Crippen LogP contribution in [0, 0.1) is 0 Å². The monoisotopic (exact) mass is 338 g/mol. The van der Waals surface area contributed by atoms with E-state index in [0.29, 0.717) is 5.90 Å². The van der Waals surface area contributed by atoms with E-state index in [2.05, 4.69) is 12.1 Å². The first kappa shape index (κ1) is 17.2. The van der Waals surface area contributed by atoms with Crippen LogP contribution in [0.25, 0.3) is 0 Å². The second-order valence-electron chi connectivity index (χ2n) is 5.99. The maximum atomic E-state index is 12.2. The second kappa shape index (κ2) is 7.94. The van der Waals surface area contributed by atoms with Gasteiger partial charge in [-0.15, -0.1) is 0 Å². The number of carbonyl (C=O) groups is 1. The Morgan fingerprint density at radius 2 is 1.76 bits per heavy atom. The number of benzene rings is 2. The number of hydrogen-bond donors (Lipinski definition) is 0. The van der Waals surface area contributed by atoms with Crippen LogP contribution >= 0.6 is 0 Å². The number of hydroxylamine groups is 2. The summed E-state index contributed by atoms with van der Waals surface area (Å²) in [6.45, 7) is 0. The van der Waals surface area contributed by atoms with Crippen molar-refractivity contribution in [2.75, 3.05) is 14.2 Å².